The first-order chi connectivity index (χ1) is 14.6. The first kappa shape index (κ1) is 20.3. The third-order valence-corrected chi connectivity index (χ3v) is 4.94. The molecule has 0 saturated heterocycles. The number of halogens is 6. The maximum atomic E-state index is 13.3. The van der Waals surface area contributed by atoms with Gasteiger partial charge in [0.15, 0.2) is 0 Å². The fraction of sp³-hybridized carbons (Fsp3) is 0.0909. The van der Waals surface area contributed by atoms with E-state index in [1.807, 2.05) is 12.1 Å². The molecule has 3 nitrogen and oxygen atoms in total. The van der Waals surface area contributed by atoms with Crippen molar-refractivity contribution < 1.29 is 26.3 Å². The van der Waals surface area contributed by atoms with Crippen LogP contribution in [0.4, 0.5) is 26.3 Å². The Bertz CT molecular complexity index is 1360. The van der Waals surface area contributed by atoms with Crippen LogP contribution >= 0.6 is 0 Å². The first-order valence-corrected chi connectivity index (χ1v) is 8.72. The zero-order chi connectivity index (χ0) is 22.6. The van der Waals surface area contributed by atoms with Gasteiger partial charge in [0.1, 0.15) is 12.1 Å². The molecule has 0 unspecified atom stereocenters. The SMILES string of the molecule is N#Cc1cccc(-n2c3cc(C(F)(F)F)ccc3c3ccc(C(F)(F)F)cc32)c1C#N. The minimum Gasteiger partial charge on any atom is -0.308 e. The molecule has 0 saturated carbocycles. The standard InChI is InChI=1S/C22H9F6N3/c23-21(24,25)13-4-6-15-16-7-5-14(22(26,27)28)9-20(16)31(19(15)8-13)18-3-1-2-12(10-29)17(18)11-30/h1-9H. The molecule has 0 atom stereocenters. The predicted octanol–water partition coefficient (Wildman–Crippen LogP) is 6.56. The van der Waals surface area contributed by atoms with E-state index in [1.54, 1.807) is 0 Å². The van der Waals surface area contributed by atoms with E-state index >= 15 is 0 Å². The lowest BCUT2D eigenvalue weighted by Crippen LogP contribution is -2.06. The van der Waals surface area contributed by atoms with Gasteiger partial charge in [0.25, 0.3) is 0 Å². The molecular weight excluding hydrogens is 420 g/mol. The number of rotatable bonds is 1. The average molecular weight is 429 g/mol. The summed E-state index contributed by atoms with van der Waals surface area (Å²) in [6.45, 7) is 0. The molecule has 0 radical (unpaired) electrons. The fourth-order valence-corrected chi connectivity index (χ4v) is 3.57. The normalized spacial score (nSPS) is 12.1. The molecule has 0 N–H and O–H groups in total. The summed E-state index contributed by atoms with van der Waals surface area (Å²) in [5.41, 5.74) is -2.23. The van der Waals surface area contributed by atoms with Gasteiger partial charge in [-0.2, -0.15) is 36.9 Å². The molecule has 4 rings (SSSR count). The van der Waals surface area contributed by atoms with Gasteiger partial charge < -0.3 is 4.57 Å². The summed E-state index contributed by atoms with van der Waals surface area (Å²) in [6, 6.07) is 13.5. The fourth-order valence-electron chi connectivity index (χ4n) is 3.57. The maximum absolute atomic E-state index is 13.3. The number of aromatic nitrogens is 1. The predicted molar refractivity (Wildman–Crippen MR) is 100 cm³/mol. The largest absolute Gasteiger partial charge is 0.416 e. The lowest BCUT2D eigenvalue weighted by atomic mass is 10.1. The molecule has 0 spiro atoms. The van der Waals surface area contributed by atoms with E-state index in [1.165, 1.54) is 30.3 Å². The van der Waals surface area contributed by atoms with Crippen molar-refractivity contribution >= 4 is 21.8 Å². The van der Waals surface area contributed by atoms with E-state index in [-0.39, 0.29) is 38.6 Å². The second-order valence-electron chi connectivity index (χ2n) is 6.72. The van der Waals surface area contributed by atoms with Gasteiger partial charge in [-0.05, 0) is 36.4 Å². The Labute approximate surface area is 171 Å². The van der Waals surface area contributed by atoms with Gasteiger partial charge in [0, 0.05) is 10.8 Å². The quantitative estimate of drug-likeness (QED) is 0.322. The van der Waals surface area contributed by atoms with Crippen LogP contribution in [-0.4, -0.2) is 4.57 Å². The van der Waals surface area contributed by atoms with Crippen molar-refractivity contribution in [1.82, 2.24) is 4.57 Å². The highest BCUT2D eigenvalue weighted by Crippen LogP contribution is 2.40. The van der Waals surface area contributed by atoms with Crippen LogP contribution in [0.1, 0.15) is 22.3 Å². The lowest BCUT2D eigenvalue weighted by molar-refractivity contribution is -0.138. The van der Waals surface area contributed by atoms with Crippen molar-refractivity contribution in [3.8, 4) is 17.8 Å². The van der Waals surface area contributed by atoms with Crippen LogP contribution in [0.15, 0.2) is 54.6 Å². The molecule has 154 valence electrons. The van der Waals surface area contributed by atoms with E-state index in [4.69, 9.17) is 0 Å². The van der Waals surface area contributed by atoms with Gasteiger partial charge in [0.05, 0.1) is 39.0 Å². The molecule has 4 aromatic rings. The third kappa shape index (κ3) is 3.24. The van der Waals surface area contributed by atoms with Crippen molar-refractivity contribution in [2.24, 2.45) is 0 Å². The average Bonchev–Trinajstić information content (AvgIpc) is 3.04. The molecule has 1 aromatic heterocycles. The van der Waals surface area contributed by atoms with Crippen molar-refractivity contribution in [2.45, 2.75) is 12.4 Å². The summed E-state index contributed by atoms with van der Waals surface area (Å²) in [5.74, 6) is 0. The van der Waals surface area contributed by atoms with Crippen molar-refractivity contribution in [3.63, 3.8) is 0 Å². The van der Waals surface area contributed by atoms with E-state index in [0.29, 0.717) is 0 Å². The van der Waals surface area contributed by atoms with E-state index in [9.17, 15) is 36.9 Å². The minimum absolute atomic E-state index is 0.0141. The third-order valence-electron chi connectivity index (χ3n) is 4.94. The van der Waals surface area contributed by atoms with Gasteiger partial charge in [-0.1, -0.05) is 18.2 Å². The molecule has 0 fully saturated rings. The lowest BCUT2D eigenvalue weighted by Gasteiger charge is -2.13. The van der Waals surface area contributed by atoms with Gasteiger partial charge in [0.2, 0.25) is 0 Å². The highest BCUT2D eigenvalue weighted by Gasteiger charge is 2.33. The van der Waals surface area contributed by atoms with Crippen molar-refractivity contribution in [2.75, 3.05) is 0 Å². The van der Waals surface area contributed by atoms with Crippen LogP contribution in [-0.2, 0) is 12.4 Å². The molecule has 0 aliphatic heterocycles. The van der Waals surface area contributed by atoms with E-state index < -0.39 is 23.5 Å². The summed E-state index contributed by atoms with van der Waals surface area (Å²) in [7, 11) is 0. The number of fused-ring (bicyclic) bond motifs is 3. The smallest absolute Gasteiger partial charge is 0.308 e. The summed E-state index contributed by atoms with van der Waals surface area (Å²) in [5, 5.41) is 19.4. The van der Waals surface area contributed by atoms with Crippen LogP contribution in [0.2, 0.25) is 0 Å². The van der Waals surface area contributed by atoms with E-state index in [2.05, 4.69) is 0 Å². The molecule has 3 aromatic carbocycles. The molecule has 9 heteroatoms. The summed E-state index contributed by atoms with van der Waals surface area (Å²) >= 11 is 0. The zero-order valence-corrected chi connectivity index (χ0v) is 15.3. The van der Waals surface area contributed by atoms with Gasteiger partial charge in [-0.3, -0.25) is 0 Å². The first-order valence-electron chi connectivity index (χ1n) is 8.72. The number of hydrogen-bond donors (Lipinski definition) is 0. The topological polar surface area (TPSA) is 52.5 Å². The Morgan fingerprint density at radius 3 is 1.61 bits per heavy atom. The number of alkyl halides is 6. The Balaban J connectivity index is 2.22. The Morgan fingerprint density at radius 1 is 0.677 bits per heavy atom. The second kappa shape index (κ2) is 6.78. The van der Waals surface area contributed by atoms with Gasteiger partial charge >= 0.3 is 12.4 Å². The number of hydrogen-bond acceptors (Lipinski definition) is 2. The van der Waals surface area contributed by atoms with Crippen LogP contribution < -0.4 is 0 Å². The number of nitriles is 2. The molecule has 31 heavy (non-hydrogen) atoms. The van der Waals surface area contributed by atoms with E-state index in [0.717, 1.165) is 28.8 Å². The second-order valence-corrected chi connectivity index (χ2v) is 6.72. The Morgan fingerprint density at radius 2 is 1.19 bits per heavy atom. The van der Waals surface area contributed by atoms with Crippen LogP contribution in [0.3, 0.4) is 0 Å². The Hall–Kier alpha value is -3.98. The van der Waals surface area contributed by atoms with Crippen molar-refractivity contribution in [3.05, 3.63) is 76.9 Å². The summed E-state index contributed by atoms with van der Waals surface area (Å²) in [6.07, 6.45) is -9.36. The number of benzene rings is 3. The molecular formula is C22H9F6N3. The molecule has 0 aliphatic rings. The summed E-state index contributed by atoms with van der Waals surface area (Å²) < 4.78 is 81.2. The monoisotopic (exact) mass is 429 g/mol. The molecule has 1 heterocycles. The maximum Gasteiger partial charge on any atom is 0.416 e. The van der Waals surface area contributed by atoms with Crippen LogP contribution in [0.5, 0.6) is 0 Å². The highest BCUT2D eigenvalue weighted by molar-refractivity contribution is 6.09. The van der Waals surface area contributed by atoms with Gasteiger partial charge in [-0.25, -0.2) is 0 Å². The number of nitrogens with zero attached hydrogens (tertiary/aromatic N) is 3. The van der Waals surface area contributed by atoms with Gasteiger partial charge in [-0.15, -0.1) is 0 Å². The minimum atomic E-state index is -4.68. The van der Waals surface area contributed by atoms with Crippen molar-refractivity contribution in [1.29, 1.82) is 10.5 Å². The van der Waals surface area contributed by atoms with Crippen LogP contribution in [0.25, 0.3) is 27.5 Å². The summed E-state index contributed by atoms with van der Waals surface area (Å²) in [4.78, 5) is 0. The Kier molecular flexibility index (Phi) is 4.44. The highest BCUT2D eigenvalue weighted by atomic mass is 19.4. The molecule has 0 aliphatic carbocycles. The van der Waals surface area contributed by atoms with Crippen LogP contribution in [0, 0.1) is 22.7 Å². The molecule has 0 amide bonds. The zero-order valence-electron chi connectivity index (χ0n) is 15.3. The molecule has 0 bridgehead atoms.